The maximum Gasteiger partial charge on any atom is 0.412 e. The molecular weight excluding hydrogens is 258 g/mol. The smallest absolute Gasteiger partial charge is 0.412 e. The Morgan fingerprint density at radius 2 is 2.15 bits per heavy atom. The van der Waals surface area contributed by atoms with Crippen molar-refractivity contribution < 1.29 is 19.0 Å². The Hall–Kier alpha value is -1.75. The predicted molar refractivity (Wildman–Crippen MR) is 76.2 cm³/mol. The molecule has 1 aromatic carbocycles. The summed E-state index contributed by atoms with van der Waals surface area (Å²) >= 11 is 0. The second kappa shape index (κ2) is 5.32. The molecule has 0 saturated carbocycles. The van der Waals surface area contributed by atoms with Gasteiger partial charge in [-0.3, -0.25) is 5.32 Å². The molecule has 2 rings (SSSR count). The molecule has 1 saturated heterocycles. The first-order chi connectivity index (χ1) is 9.26. The predicted octanol–water partition coefficient (Wildman–Crippen LogP) is 3.20. The van der Waals surface area contributed by atoms with E-state index in [4.69, 9.17) is 14.2 Å². The van der Waals surface area contributed by atoms with Crippen LogP contribution in [0.4, 0.5) is 10.5 Å². The summed E-state index contributed by atoms with van der Waals surface area (Å²) in [5, 5.41) is 2.68. The number of ether oxygens (including phenoxy) is 3. The van der Waals surface area contributed by atoms with Crippen LogP contribution in [0.25, 0.3) is 0 Å². The lowest BCUT2D eigenvalue weighted by atomic mass is 10.2. The summed E-state index contributed by atoms with van der Waals surface area (Å²) in [6.45, 7) is 8.69. The van der Waals surface area contributed by atoms with Crippen LogP contribution < -0.4 is 10.1 Å². The molecule has 1 fully saturated rings. The molecule has 1 N–H and O–H groups in total. The SMILES string of the molecule is CC(C)(C)OC(=O)Nc1cccc(OCC2(C)CO2)c1. The largest absolute Gasteiger partial charge is 0.490 e. The van der Waals surface area contributed by atoms with Gasteiger partial charge in [0, 0.05) is 11.8 Å². The van der Waals surface area contributed by atoms with Gasteiger partial charge >= 0.3 is 6.09 Å². The average molecular weight is 279 g/mol. The van der Waals surface area contributed by atoms with Crippen molar-refractivity contribution in [2.75, 3.05) is 18.5 Å². The highest BCUT2D eigenvalue weighted by Gasteiger charge is 2.40. The molecule has 5 heteroatoms. The molecule has 0 aliphatic carbocycles. The molecule has 0 spiro atoms. The quantitative estimate of drug-likeness (QED) is 0.860. The summed E-state index contributed by atoms with van der Waals surface area (Å²) in [5.74, 6) is 0.690. The van der Waals surface area contributed by atoms with Crippen molar-refractivity contribution in [2.45, 2.75) is 38.9 Å². The van der Waals surface area contributed by atoms with Gasteiger partial charge in [0.05, 0.1) is 6.61 Å². The van der Waals surface area contributed by atoms with Crippen molar-refractivity contribution in [2.24, 2.45) is 0 Å². The van der Waals surface area contributed by atoms with E-state index in [2.05, 4.69) is 5.32 Å². The molecule has 20 heavy (non-hydrogen) atoms. The molecule has 1 amide bonds. The molecule has 1 aliphatic rings. The zero-order valence-corrected chi connectivity index (χ0v) is 12.4. The second-order valence-corrected chi connectivity index (χ2v) is 6.18. The van der Waals surface area contributed by atoms with Crippen molar-refractivity contribution in [1.82, 2.24) is 0 Å². The van der Waals surface area contributed by atoms with Gasteiger partial charge in [0.15, 0.2) is 0 Å². The lowest BCUT2D eigenvalue weighted by Crippen LogP contribution is -2.27. The van der Waals surface area contributed by atoms with E-state index in [1.807, 2.05) is 39.8 Å². The van der Waals surface area contributed by atoms with E-state index in [0.29, 0.717) is 18.0 Å². The molecule has 0 bridgehead atoms. The fraction of sp³-hybridized carbons (Fsp3) is 0.533. The molecule has 1 atom stereocenters. The van der Waals surface area contributed by atoms with Gasteiger partial charge in [-0.1, -0.05) is 6.07 Å². The fourth-order valence-corrected chi connectivity index (χ4v) is 1.53. The van der Waals surface area contributed by atoms with Gasteiger partial charge in [-0.15, -0.1) is 0 Å². The first-order valence-corrected chi connectivity index (χ1v) is 6.63. The van der Waals surface area contributed by atoms with Gasteiger partial charge in [-0.05, 0) is 39.8 Å². The van der Waals surface area contributed by atoms with E-state index < -0.39 is 11.7 Å². The van der Waals surface area contributed by atoms with Crippen molar-refractivity contribution in [3.63, 3.8) is 0 Å². The van der Waals surface area contributed by atoms with Gasteiger partial charge in [-0.2, -0.15) is 0 Å². The minimum atomic E-state index is -0.518. The Kier molecular flexibility index (Phi) is 3.90. The Morgan fingerprint density at radius 1 is 1.45 bits per heavy atom. The molecule has 1 aromatic rings. The third kappa shape index (κ3) is 4.74. The lowest BCUT2D eigenvalue weighted by molar-refractivity contribution is 0.0636. The van der Waals surface area contributed by atoms with Gasteiger partial charge in [-0.25, -0.2) is 4.79 Å². The summed E-state index contributed by atoms with van der Waals surface area (Å²) in [4.78, 5) is 11.7. The number of anilines is 1. The maximum absolute atomic E-state index is 11.7. The third-order valence-electron chi connectivity index (χ3n) is 2.66. The fourth-order valence-electron chi connectivity index (χ4n) is 1.53. The number of hydrogen-bond donors (Lipinski definition) is 1. The highest BCUT2D eigenvalue weighted by Crippen LogP contribution is 2.27. The highest BCUT2D eigenvalue weighted by atomic mass is 16.6. The zero-order valence-electron chi connectivity index (χ0n) is 12.4. The highest BCUT2D eigenvalue weighted by molar-refractivity contribution is 5.85. The van der Waals surface area contributed by atoms with Crippen LogP contribution in [0.2, 0.25) is 0 Å². The van der Waals surface area contributed by atoms with Crippen LogP contribution in [0.5, 0.6) is 5.75 Å². The van der Waals surface area contributed by atoms with E-state index in [1.54, 1.807) is 12.1 Å². The van der Waals surface area contributed by atoms with E-state index in [1.165, 1.54) is 0 Å². The number of epoxide rings is 1. The molecule has 1 aliphatic heterocycles. The third-order valence-corrected chi connectivity index (χ3v) is 2.66. The Morgan fingerprint density at radius 3 is 2.75 bits per heavy atom. The molecular formula is C15H21NO4. The number of carbonyl (C=O) groups excluding carboxylic acids is 1. The molecule has 0 radical (unpaired) electrons. The minimum absolute atomic E-state index is 0.158. The normalized spacial score (nSPS) is 21.2. The van der Waals surface area contributed by atoms with Crippen molar-refractivity contribution >= 4 is 11.8 Å². The van der Waals surface area contributed by atoms with Crippen LogP contribution in [0.1, 0.15) is 27.7 Å². The topological polar surface area (TPSA) is 60.1 Å². The Labute approximate surface area is 119 Å². The van der Waals surface area contributed by atoms with Crippen molar-refractivity contribution in [1.29, 1.82) is 0 Å². The summed E-state index contributed by atoms with van der Waals surface area (Å²) in [5.41, 5.74) is -0.0383. The van der Waals surface area contributed by atoms with Crippen LogP contribution >= 0.6 is 0 Å². The van der Waals surface area contributed by atoms with Crippen molar-refractivity contribution in [3.8, 4) is 5.75 Å². The number of nitrogens with one attached hydrogen (secondary N) is 1. The van der Waals surface area contributed by atoms with E-state index in [9.17, 15) is 4.79 Å². The standard InChI is InChI=1S/C15H21NO4/c1-14(2,3)20-13(17)16-11-6-5-7-12(8-11)18-9-15(4)10-19-15/h5-8H,9-10H2,1-4H3,(H,16,17). The molecule has 1 heterocycles. The Balaban J connectivity index is 1.90. The summed E-state index contributed by atoms with van der Waals surface area (Å²) in [6.07, 6.45) is -0.480. The summed E-state index contributed by atoms with van der Waals surface area (Å²) in [7, 11) is 0. The number of rotatable bonds is 4. The number of benzene rings is 1. The lowest BCUT2D eigenvalue weighted by Gasteiger charge is -2.19. The minimum Gasteiger partial charge on any atom is -0.490 e. The average Bonchev–Trinajstić information content (AvgIpc) is 3.03. The van der Waals surface area contributed by atoms with Crippen molar-refractivity contribution in [3.05, 3.63) is 24.3 Å². The van der Waals surface area contributed by atoms with Crippen LogP contribution in [-0.4, -0.2) is 30.5 Å². The number of amides is 1. The first kappa shape index (κ1) is 14.7. The number of carbonyl (C=O) groups is 1. The van der Waals surface area contributed by atoms with Gasteiger partial charge in [0.2, 0.25) is 0 Å². The van der Waals surface area contributed by atoms with Crippen LogP contribution in [-0.2, 0) is 9.47 Å². The summed E-state index contributed by atoms with van der Waals surface area (Å²) < 4.78 is 16.1. The van der Waals surface area contributed by atoms with E-state index >= 15 is 0 Å². The van der Waals surface area contributed by atoms with Crippen LogP contribution in [0.3, 0.4) is 0 Å². The Bertz CT molecular complexity index is 489. The zero-order chi connectivity index (χ0) is 14.8. The molecule has 5 nitrogen and oxygen atoms in total. The van der Waals surface area contributed by atoms with Gasteiger partial charge in [0.1, 0.15) is 23.6 Å². The van der Waals surface area contributed by atoms with Gasteiger partial charge < -0.3 is 14.2 Å². The number of hydrogen-bond acceptors (Lipinski definition) is 4. The van der Waals surface area contributed by atoms with E-state index in [-0.39, 0.29) is 5.60 Å². The van der Waals surface area contributed by atoms with E-state index in [0.717, 1.165) is 6.61 Å². The second-order valence-electron chi connectivity index (χ2n) is 6.18. The summed E-state index contributed by atoms with van der Waals surface area (Å²) in [6, 6.07) is 7.20. The first-order valence-electron chi connectivity index (χ1n) is 6.63. The van der Waals surface area contributed by atoms with Crippen LogP contribution in [0, 0.1) is 0 Å². The molecule has 110 valence electrons. The monoisotopic (exact) mass is 279 g/mol. The van der Waals surface area contributed by atoms with Gasteiger partial charge in [0.25, 0.3) is 0 Å². The molecule has 0 aromatic heterocycles. The van der Waals surface area contributed by atoms with Crippen LogP contribution in [0.15, 0.2) is 24.3 Å². The molecule has 1 unspecified atom stereocenters. The maximum atomic E-state index is 11.7.